The molecule has 2 rings (SSSR count). The first-order chi connectivity index (χ1) is 10.4. The van der Waals surface area contributed by atoms with Crippen LogP contribution in [0.25, 0.3) is 0 Å². The highest BCUT2D eigenvalue weighted by Crippen LogP contribution is 2.28. The van der Waals surface area contributed by atoms with Crippen molar-refractivity contribution in [3.05, 3.63) is 0 Å². The molecule has 1 heterocycles. The molecular weight excluding hydrogens is 280 g/mol. The molecule has 2 aliphatic rings. The molecule has 1 saturated carbocycles. The second-order valence-electron chi connectivity index (χ2n) is 7.19. The third kappa shape index (κ3) is 5.39. The summed E-state index contributed by atoms with van der Waals surface area (Å²) in [5, 5.41) is 0. The monoisotopic (exact) mass is 310 g/mol. The predicted molar refractivity (Wildman–Crippen MR) is 87.9 cm³/mol. The van der Waals surface area contributed by atoms with E-state index in [0.29, 0.717) is 25.1 Å². The number of carbonyl (C=O) groups is 1. The van der Waals surface area contributed by atoms with Gasteiger partial charge in [0.05, 0.1) is 6.54 Å². The maximum absolute atomic E-state index is 12.2. The minimum Gasteiger partial charge on any atom is -0.444 e. The Balaban J connectivity index is 1.82. The van der Waals surface area contributed by atoms with Gasteiger partial charge >= 0.3 is 6.09 Å². The number of carbonyl (C=O) groups excluding carboxylic acids is 1. The van der Waals surface area contributed by atoms with Crippen molar-refractivity contribution in [2.75, 3.05) is 26.2 Å². The van der Waals surface area contributed by atoms with E-state index in [1.54, 1.807) is 4.90 Å². The van der Waals surface area contributed by atoms with Gasteiger partial charge in [0.2, 0.25) is 0 Å². The number of nitrogens with two attached hydrogens (primary N) is 1. The SMILES string of the molecule is CC(C)(C)OC(=O)N(CCN=C(N)N1CCCCC1)C1CC1. The van der Waals surface area contributed by atoms with Crippen LogP contribution in [-0.2, 0) is 4.74 Å². The molecule has 0 aromatic carbocycles. The van der Waals surface area contributed by atoms with Crippen molar-refractivity contribution in [3.63, 3.8) is 0 Å². The summed E-state index contributed by atoms with van der Waals surface area (Å²) >= 11 is 0. The smallest absolute Gasteiger partial charge is 0.410 e. The lowest BCUT2D eigenvalue weighted by atomic mass is 10.1. The molecule has 0 bridgehead atoms. The van der Waals surface area contributed by atoms with Gasteiger partial charge in [-0.05, 0) is 52.9 Å². The third-order valence-corrected chi connectivity index (χ3v) is 3.91. The zero-order valence-corrected chi connectivity index (χ0v) is 14.2. The van der Waals surface area contributed by atoms with Gasteiger partial charge in [0, 0.05) is 25.7 Å². The third-order valence-electron chi connectivity index (χ3n) is 3.91. The van der Waals surface area contributed by atoms with E-state index < -0.39 is 5.60 Å². The molecule has 22 heavy (non-hydrogen) atoms. The molecule has 0 aromatic heterocycles. The maximum atomic E-state index is 12.2. The summed E-state index contributed by atoms with van der Waals surface area (Å²) in [7, 11) is 0. The van der Waals surface area contributed by atoms with E-state index >= 15 is 0 Å². The average molecular weight is 310 g/mol. The first-order valence-electron chi connectivity index (χ1n) is 8.41. The van der Waals surface area contributed by atoms with Gasteiger partial charge in [-0.15, -0.1) is 0 Å². The number of amides is 1. The Morgan fingerprint density at radius 2 is 1.91 bits per heavy atom. The van der Waals surface area contributed by atoms with Gasteiger partial charge in [-0.1, -0.05) is 0 Å². The molecule has 1 aliphatic heterocycles. The van der Waals surface area contributed by atoms with E-state index in [9.17, 15) is 4.79 Å². The minimum atomic E-state index is -0.458. The summed E-state index contributed by atoms with van der Waals surface area (Å²) in [6.45, 7) is 8.78. The average Bonchev–Trinajstić information content (AvgIpc) is 3.26. The van der Waals surface area contributed by atoms with Crippen molar-refractivity contribution in [3.8, 4) is 0 Å². The van der Waals surface area contributed by atoms with Crippen LogP contribution in [-0.4, -0.2) is 59.7 Å². The van der Waals surface area contributed by atoms with Crippen molar-refractivity contribution < 1.29 is 9.53 Å². The van der Waals surface area contributed by atoms with Crippen LogP contribution in [0.15, 0.2) is 4.99 Å². The van der Waals surface area contributed by atoms with Crippen molar-refractivity contribution in [2.45, 2.75) is 64.5 Å². The zero-order valence-electron chi connectivity index (χ0n) is 14.2. The van der Waals surface area contributed by atoms with Crippen molar-refractivity contribution in [2.24, 2.45) is 10.7 Å². The van der Waals surface area contributed by atoms with Gasteiger partial charge in [0.25, 0.3) is 0 Å². The number of piperidine rings is 1. The van der Waals surface area contributed by atoms with Gasteiger partial charge in [0.1, 0.15) is 5.60 Å². The van der Waals surface area contributed by atoms with E-state index in [-0.39, 0.29) is 6.09 Å². The fourth-order valence-electron chi connectivity index (χ4n) is 2.62. The molecule has 6 nitrogen and oxygen atoms in total. The molecule has 2 fully saturated rings. The van der Waals surface area contributed by atoms with Crippen molar-refractivity contribution in [1.82, 2.24) is 9.80 Å². The quantitative estimate of drug-likeness (QED) is 0.638. The Bertz CT molecular complexity index is 407. The van der Waals surface area contributed by atoms with Crippen LogP contribution < -0.4 is 5.73 Å². The topological polar surface area (TPSA) is 71.2 Å². The number of guanidine groups is 1. The molecule has 1 aliphatic carbocycles. The van der Waals surface area contributed by atoms with Crippen LogP contribution in [0.2, 0.25) is 0 Å². The minimum absolute atomic E-state index is 0.234. The fourth-order valence-corrected chi connectivity index (χ4v) is 2.62. The number of likely N-dealkylation sites (tertiary alicyclic amines) is 1. The number of nitrogens with zero attached hydrogens (tertiary/aromatic N) is 3. The summed E-state index contributed by atoms with van der Waals surface area (Å²) in [6.07, 6.45) is 5.53. The number of hydrogen-bond donors (Lipinski definition) is 1. The second kappa shape index (κ2) is 7.20. The standard InChI is InChI=1S/C16H30N4O2/c1-16(2,3)22-15(21)20(13-7-8-13)12-9-18-14(17)19-10-5-4-6-11-19/h13H,4-12H2,1-3H3,(H2,17,18). The maximum Gasteiger partial charge on any atom is 0.410 e. The Labute approximate surface area is 133 Å². The molecule has 1 amide bonds. The molecule has 0 aromatic rings. The van der Waals surface area contributed by atoms with Crippen LogP contribution >= 0.6 is 0 Å². The van der Waals surface area contributed by atoms with Crippen LogP contribution in [0.1, 0.15) is 52.9 Å². The molecule has 6 heteroatoms. The first kappa shape index (κ1) is 16.9. The number of ether oxygens (including phenoxy) is 1. The fraction of sp³-hybridized carbons (Fsp3) is 0.875. The largest absolute Gasteiger partial charge is 0.444 e. The van der Waals surface area contributed by atoms with Gasteiger partial charge in [0.15, 0.2) is 5.96 Å². The Morgan fingerprint density at radius 1 is 1.27 bits per heavy atom. The lowest BCUT2D eigenvalue weighted by molar-refractivity contribution is 0.0240. The molecule has 0 atom stereocenters. The lowest BCUT2D eigenvalue weighted by Gasteiger charge is -2.28. The highest BCUT2D eigenvalue weighted by atomic mass is 16.6. The van der Waals surface area contributed by atoms with Gasteiger partial charge in [-0.25, -0.2) is 4.79 Å². The Hall–Kier alpha value is -1.46. The van der Waals surface area contributed by atoms with E-state index in [4.69, 9.17) is 10.5 Å². The van der Waals surface area contributed by atoms with Gasteiger partial charge in [-0.3, -0.25) is 4.99 Å². The molecule has 0 spiro atoms. The number of rotatable bonds is 4. The molecule has 0 radical (unpaired) electrons. The highest BCUT2D eigenvalue weighted by molar-refractivity contribution is 5.78. The highest BCUT2D eigenvalue weighted by Gasteiger charge is 2.34. The summed E-state index contributed by atoms with van der Waals surface area (Å²) < 4.78 is 5.47. The van der Waals surface area contributed by atoms with E-state index in [0.717, 1.165) is 25.9 Å². The summed E-state index contributed by atoms with van der Waals surface area (Å²) in [5.74, 6) is 0.611. The van der Waals surface area contributed by atoms with Crippen molar-refractivity contribution in [1.29, 1.82) is 0 Å². The second-order valence-corrected chi connectivity index (χ2v) is 7.19. The summed E-state index contributed by atoms with van der Waals surface area (Å²) in [6, 6.07) is 0.321. The van der Waals surface area contributed by atoms with E-state index in [1.807, 2.05) is 20.8 Å². The van der Waals surface area contributed by atoms with E-state index in [2.05, 4.69) is 9.89 Å². The summed E-state index contributed by atoms with van der Waals surface area (Å²) in [5.41, 5.74) is 5.59. The van der Waals surface area contributed by atoms with E-state index in [1.165, 1.54) is 19.3 Å². The normalized spacial score (nSPS) is 20.0. The predicted octanol–water partition coefficient (Wildman–Crippen LogP) is 2.19. The lowest BCUT2D eigenvalue weighted by Crippen LogP contribution is -2.42. The first-order valence-corrected chi connectivity index (χ1v) is 8.41. The van der Waals surface area contributed by atoms with Crippen LogP contribution in [0.5, 0.6) is 0 Å². The molecule has 2 N–H and O–H groups in total. The number of hydrogen-bond acceptors (Lipinski definition) is 3. The molecule has 0 unspecified atom stereocenters. The summed E-state index contributed by atoms with van der Waals surface area (Å²) in [4.78, 5) is 20.6. The van der Waals surface area contributed by atoms with Crippen LogP contribution in [0.4, 0.5) is 4.79 Å². The van der Waals surface area contributed by atoms with Crippen LogP contribution in [0, 0.1) is 0 Å². The Kier molecular flexibility index (Phi) is 5.53. The number of aliphatic imine (C=N–C) groups is 1. The Morgan fingerprint density at radius 3 is 2.45 bits per heavy atom. The van der Waals surface area contributed by atoms with Gasteiger partial charge in [-0.2, -0.15) is 0 Å². The van der Waals surface area contributed by atoms with Gasteiger partial charge < -0.3 is 20.3 Å². The zero-order chi connectivity index (χ0) is 16.2. The van der Waals surface area contributed by atoms with Crippen LogP contribution in [0.3, 0.4) is 0 Å². The molecule has 1 saturated heterocycles. The van der Waals surface area contributed by atoms with Crippen molar-refractivity contribution >= 4 is 12.1 Å². The molecule has 126 valence electrons. The molecular formula is C16H30N4O2.